The van der Waals surface area contributed by atoms with Crippen molar-refractivity contribution in [1.29, 1.82) is 0 Å². The van der Waals surface area contributed by atoms with Gasteiger partial charge in [0.25, 0.3) is 0 Å². The molecule has 1 amide bonds. The molecule has 194 valence electrons. The van der Waals surface area contributed by atoms with Gasteiger partial charge in [0, 0.05) is 38.3 Å². The van der Waals surface area contributed by atoms with Gasteiger partial charge in [-0.15, -0.1) is 0 Å². The smallest absolute Gasteiger partial charge is 0.410 e. The molecule has 0 aromatic heterocycles. The van der Waals surface area contributed by atoms with Crippen molar-refractivity contribution in [3.63, 3.8) is 0 Å². The number of benzene rings is 2. The summed E-state index contributed by atoms with van der Waals surface area (Å²) in [6.07, 6.45) is 0.299. The van der Waals surface area contributed by atoms with Gasteiger partial charge in [0.1, 0.15) is 34.7 Å². The Morgan fingerprint density at radius 2 is 1.92 bits per heavy atom. The first-order valence-electron chi connectivity index (χ1n) is 10.8. The highest BCUT2D eigenvalue weighted by molar-refractivity contribution is 7.89. The minimum absolute atomic E-state index is 0.134. The lowest BCUT2D eigenvalue weighted by atomic mass is 9.79. The molecule has 0 aliphatic carbocycles. The second kappa shape index (κ2) is 10.6. The van der Waals surface area contributed by atoms with Crippen molar-refractivity contribution in [1.82, 2.24) is 9.21 Å². The van der Waals surface area contributed by atoms with Gasteiger partial charge < -0.3 is 19.5 Å². The monoisotopic (exact) mass is 524 g/mol. The highest BCUT2D eigenvalue weighted by Gasteiger charge is 2.62. The molecule has 1 N–H and O–H groups in total. The Balaban J connectivity index is 2.08. The molecule has 1 fully saturated rings. The summed E-state index contributed by atoms with van der Waals surface area (Å²) in [5.74, 6) is -3.33. The van der Waals surface area contributed by atoms with E-state index in [2.05, 4.69) is 6.58 Å². The van der Waals surface area contributed by atoms with Gasteiger partial charge in [-0.05, 0) is 23.8 Å². The molecule has 12 heteroatoms. The molecule has 36 heavy (non-hydrogen) atoms. The third-order valence-corrected chi connectivity index (χ3v) is 8.38. The van der Waals surface area contributed by atoms with Gasteiger partial charge >= 0.3 is 12.1 Å². The Hall–Kier alpha value is -3.51. The summed E-state index contributed by atoms with van der Waals surface area (Å²) >= 11 is 0. The van der Waals surface area contributed by atoms with Crippen molar-refractivity contribution in [3.8, 4) is 5.75 Å². The molecule has 1 aliphatic heterocycles. The van der Waals surface area contributed by atoms with Gasteiger partial charge in [-0.1, -0.05) is 30.9 Å². The van der Waals surface area contributed by atoms with E-state index in [1.165, 1.54) is 20.2 Å². The van der Waals surface area contributed by atoms with Crippen LogP contribution >= 0.6 is 0 Å². The maximum Gasteiger partial charge on any atom is 0.410 e. The van der Waals surface area contributed by atoms with Gasteiger partial charge in [-0.3, -0.25) is 4.79 Å². The van der Waals surface area contributed by atoms with Crippen LogP contribution in [0, 0.1) is 11.6 Å². The zero-order valence-corrected chi connectivity index (χ0v) is 20.5. The van der Waals surface area contributed by atoms with Crippen LogP contribution in [0.15, 0.2) is 55.1 Å². The predicted molar refractivity (Wildman–Crippen MR) is 126 cm³/mol. The number of aliphatic carboxylic acids is 1. The summed E-state index contributed by atoms with van der Waals surface area (Å²) in [7, 11) is -1.74. The number of nitrogens with zero attached hydrogens (tertiary/aromatic N) is 2. The lowest BCUT2D eigenvalue weighted by molar-refractivity contribution is -0.143. The number of methoxy groups -OCH3 is 1. The number of rotatable bonds is 9. The Kier molecular flexibility index (Phi) is 7.99. The number of carbonyl (C=O) groups is 2. The summed E-state index contributed by atoms with van der Waals surface area (Å²) in [6, 6.07) is 8.76. The van der Waals surface area contributed by atoms with E-state index >= 15 is 0 Å². The van der Waals surface area contributed by atoms with E-state index in [9.17, 15) is 31.9 Å². The minimum Gasteiger partial charge on any atom is -0.497 e. The molecule has 9 nitrogen and oxygen atoms in total. The molecule has 0 saturated carbocycles. The normalized spacial score (nSPS) is 19.8. The number of halogens is 2. The number of hydrogen-bond donors (Lipinski definition) is 1. The highest BCUT2D eigenvalue weighted by Crippen LogP contribution is 2.42. The maximum absolute atomic E-state index is 14.9. The van der Waals surface area contributed by atoms with E-state index in [4.69, 9.17) is 9.47 Å². The maximum atomic E-state index is 14.9. The first-order chi connectivity index (χ1) is 17.0. The van der Waals surface area contributed by atoms with E-state index in [0.717, 1.165) is 21.3 Å². The summed E-state index contributed by atoms with van der Waals surface area (Å²) in [6.45, 7) is 1.80. The summed E-state index contributed by atoms with van der Waals surface area (Å²) < 4.78 is 67.1. The fraction of sp³-hybridized carbons (Fsp3) is 0.333. The van der Waals surface area contributed by atoms with Crippen LogP contribution < -0.4 is 4.74 Å². The van der Waals surface area contributed by atoms with E-state index in [1.807, 2.05) is 0 Å². The molecule has 2 aromatic carbocycles. The molecule has 1 saturated heterocycles. The number of carboxylic acids is 1. The number of carboxylic acid groups (broad SMARTS) is 1. The Labute approximate surface area is 207 Å². The first kappa shape index (κ1) is 27.1. The Morgan fingerprint density at radius 3 is 2.47 bits per heavy atom. The van der Waals surface area contributed by atoms with Crippen LogP contribution in [0.3, 0.4) is 0 Å². The fourth-order valence-electron chi connectivity index (χ4n) is 4.26. The van der Waals surface area contributed by atoms with E-state index in [-0.39, 0.29) is 13.2 Å². The molecule has 0 unspecified atom stereocenters. The zero-order chi connectivity index (χ0) is 26.7. The van der Waals surface area contributed by atoms with Crippen LogP contribution in [0.2, 0.25) is 0 Å². The van der Waals surface area contributed by atoms with Crippen molar-refractivity contribution in [3.05, 3.63) is 77.9 Å². The van der Waals surface area contributed by atoms with E-state index in [0.29, 0.717) is 17.4 Å². The Morgan fingerprint density at radius 1 is 1.25 bits per heavy atom. The second-order valence-corrected chi connectivity index (χ2v) is 10.5. The van der Waals surface area contributed by atoms with Crippen LogP contribution in [-0.4, -0.2) is 73.9 Å². The molecule has 2 atom stereocenters. The molecule has 1 heterocycles. The minimum atomic E-state index is -4.48. The second-order valence-electron chi connectivity index (χ2n) is 8.28. The number of hydrogen-bond acceptors (Lipinski definition) is 6. The highest BCUT2D eigenvalue weighted by atomic mass is 32.2. The summed E-state index contributed by atoms with van der Waals surface area (Å²) in [4.78, 5) is 26.2. The first-order valence-corrected chi connectivity index (χ1v) is 12.3. The van der Waals surface area contributed by atoms with Crippen molar-refractivity contribution in [2.24, 2.45) is 0 Å². The van der Waals surface area contributed by atoms with Crippen LogP contribution in [-0.2, 0) is 31.5 Å². The lowest BCUT2D eigenvalue weighted by Gasteiger charge is -2.33. The molecular weight excluding hydrogens is 498 g/mol. The molecular formula is C24H26F2N2O7S. The fourth-order valence-corrected chi connectivity index (χ4v) is 6.20. The van der Waals surface area contributed by atoms with Gasteiger partial charge in [0.2, 0.25) is 10.0 Å². The van der Waals surface area contributed by atoms with Crippen LogP contribution in [0.4, 0.5) is 13.6 Å². The summed E-state index contributed by atoms with van der Waals surface area (Å²) in [5.41, 5.74) is -2.41. The molecule has 0 radical (unpaired) electrons. The van der Waals surface area contributed by atoms with E-state index in [1.54, 1.807) is 24.3 Å². The summed E-state index contributed by atoms with van der Waals surface area (Å²) in [5, 5.41) is 8.49. The van der Waals surface area contributed by atoms with Crippen LogP contribution in [0.5, 0.6) is 5.75 Å². The number of carbonyl (C=O) groups excluding carboxylic acids is 1. The largest absolute Gasteiger partial charge is 0.497 e. The van der Waals surface area contributed by atoms with Crippen molar-refractivity contribution in [2.75, 3.05) is 33.9 Å². The Bertz CT molecular complexity index is 1250. The number of amides is 1. The average Bonchev–Trinajstić information content (AvgIpc) is 3.26. The third kappa shape index (κ3) is 5.05. The zero-order valence-electron chi connectivity index (χ0n) is 19.7. The quantitative estimate of drug-likeness (QED) is 0.502. The number of sulfonamides is 1. The van der Waals surface area contributed by atoms with E-state index < -0.39 is 63.0 Å². The molecule has 0 spiro atoms. The molecule has 1 aliphatic rings. The molecule has 0 bridgehead atoms. The third-order valence-electron chi connectivity index (χ3n) is 6.11. The van der Waals surface area contributed by atoms with Crippen LogP contribution in [0.25, 0.3) is 0 Å². The molecule has 3 rings (SSSR count). The number of ether oxygens (including phenoxy) is 2. The van der Waals surface area contributed by atoms with Gasteiger partial charge in [-0.2, -0.15) is 0 Å². The SMILES string of the molecule is C=CCOC(=O)N1C[C@@H](S(=O)(=O)N(C)Cc2ccc(OC)cc2)[C@@](C(=O)O)(c2ccc(F)cc2F)C1. The predicted octanol–water partition coefficient (Wildman–Crippen LogP) is 2.76. The standard InChI is InChI=1S/C24H26F2N2O7S/c1-4-11-35-23(31)28-14-21(24(15-28,22(29)30)19-10-7-17(25)12-20(19)26)36(32,33)27(2)13-16-5-8-18(34-3)9-6-16/h4-10,12,21H,1,11,13-15H2,2-3H3,(H,29,30)/t21-,24+/m1/s1. The number of likely N-dealkylation sites (tertiary alicyclic amines) is 1. The van der Waals surface area contributed by atoms with Crippen molar-refractivity contribution in [2.45, 2.75) is 17.2 Å². The lowest BCUT2D eigenvalue weighted by Crippen LogP contribution is -2.53. The van der Waals surface area contributed by atoms with Gasteiger partial charge in [0.15, 0.2) is 0 Å². The van der Waals surface area contributed by atoms with Gasteiger partial charge in [0.05, 0.1) is 7.11 Å². The molecule has 2 aromatic rings. The van der Waals surface area contributed by atoms with Gasteiger partial charge in [-0.25, -0.2) is 26.3 Å². The average molecular weight is 525 g/mol. The van der Waals surface area contributed by atoms with Crippen molar-refractivity contribution < 1.29 is 41.4 Å². The topological polar surface area (TPSA) is 113 Å². The van der Waals surface area contributed by atoms with Crippen molar-refractivity contribution >= 4 is 22.1 Å². The van der Waals surface area contributed by atoms with Crippen LogP contribution in [0.1, 0.15) is 11.1 Å².